The highest BCUT2D eigenvalue weighted by Gasteiger charge is 2.29. The SMILES string of the molecule is C/C=C/Cc1nnc(C(=O)N2CCOC(Cc3nc(COC)no3)C2)o1. The van der Waals surface area contributed by atoms with Crippen molar-refractivity contribution < 1.29 is 23.2 Å². The lowest BCUT2D eigenvalue weighted by Crippen LogP contribution is -2.46. The molecular weight excluding hydrogens is 342 g/mol. The molecule has 0 bridgehead atoms. The molecule has 2 aromatic heterocycles. The fourth-order valence-corrected chi connectivity index (χ4v) is 2.56. The Morgan fingerprint density at radius 3 is 3.08 bits per heavy atom. The molecule has 1 unspecified atom stereocenters. The second kappa shape index (κ2) is 8.68. The van der Waals surface area contributed by atoms with E-state index in [0.29, 0.717) is 50.1 Å². The van der Waals surface area contributed by atoms with Crippen LogP contribution in [0.25, 0.3) is 0 Å². The Hall–Kier alpha value is -2.59. The van der Waals surface area contributed by atoms with E-state index in [4.69, 9.17) is 18.4 Å². The van der Waals surface area contributed by atoms with Crippen molar-refractivity contribution >= 4 is 5.91 Å². The summed E-state index contributed by atoms with van der Waals surface area (Å²) >= 11 is 0. The molecule has 10 nitrogen and oxygen atoms in total. The fraction of sp³-hybridized carbons (Fsp3) is 0.562. The summed E-state index contributed by atoms with van der Waals surface area (Å²) in [4.78, 5) is 18.4. The van der Waals surface area contributed by atoms with Gasteiger partial charge in [0.05, 0.1) is 19.1 Å². The smallest absolute Gasteiger partial charge is 0.311 e. The lowest BCUT2D eigenvalue weighted by Gasteiger charge is -2.31. The molecule has 0 aromatic carbocycles. The van der Waals surface area contributed by atoms with E-state index in [1.807, 2.05) is 19.1 Å². The van der Waals surface area contributed by atoms with Gasteiger partial charge in [0, 0.05) is 26.6 Å². The number of carbonyl (C=O) groups excluding carboxylic acids is 1. The first-order chi connectivity index (χ1) is 12.7. The van der Waals surface area contributed by atoms with Crippen LogP contribution in [0, 0.1) is 0 Å². The van der Waals surface area contributed by atoms with Gasteiger partial charge in [-0.1, -0.05) is 17.3 Å². The lowest BCUT2D eigenvalue weighted by atomic mass is 10.2. The zero-order valence-electron chi connectivity index (χ0n) is 14.8. The zero-order chi connectivity index (χ0) is 18.4. The first kappa shape index (κ1) is 18.2. The normalized spacial score (nSPS) is 17.9. The zero-order valence-corrected chi connectivity index (χ0v) is 14.8. The van der Waals surface area contributed by atoms with Crippen molar-refractivity contribution in [1.29, 1.82) is 0 Å². The highest BCUT2D eigenvalue weighted by molar-refractivity contribution is 5.89. The highest BCUT2D eigenvalue weighted by Crippen LogP contribution is 2.14. The molecule has 26 heavy (non-hydrogen) atoms. The molecule has 3 rings (SSSR count). The molecule has 3 heterocycles. The van der Waals surface area contributed by atoms with Gasteiger partial charge in [-0.25, -0.2) is 0 Å². The van der Waals surface area contributed by atoms with Crippen molar-refractivity contribution in [1.82, 2.24) is 25.2 Å². The van der Waals surface area contributed by atoms with E-state index in [9.17, 15) is 4.79 Å². The Bertz CT molecular complexity index is 756. The molecule has 1 aliphatic heterocycles. The summed E-state index contributed by atoms with van der Waals surface area (Å²) in [5.74, 6) is 1.02. The van der Waals surface area contributed by atoms with Gasteiger partial charge in [0.2, 0.25) is 11.8 Å². The van der Waals surface area contributed by atoms with Gasteiger partial charge >= 0.3 is 11.8 Å². The second-order valence-corrected chi connectivity index (χ2v) is 5.76. The molecule has 1 saturated heterocycles. The number of morpholine rings is 1. The number of aromatic nitrogens is 4. The van der Waals surface area contributed by atoms with Gasteiger partial charge in [0.25, 0.3) is 0 Å². The summed E-state index contributed by atoms with van der Waals surface area (Å²) in [5.41, 5.74) is 0. The third kappa shape index (κ3) is 4.52. The van der Waals surface area contributed by atoms with Gasteiger partial charge in [-0.05, 0) is 6.92 Å². The van der Waals surface area contributed by atoms with Crippen LogP contribution in [0.5, 0.6) is 0 Å². The van der Waals surface area contributed by atoms with Crippen molar-refractivity contribution in [2.45, 2.75) is 32.5 Å². The van der Waals surface area contributed by atoms with Crippen LogP contribution in [0.4, 0.5) is 0 Å². The number of amides is 1. The minimum Gasteiger partial charge on any atom is -0.417 e. The molecule has 0 N–H and O–H groups in total. The van der Waals surface area contributed by atoms with E-state index in [0.717, 1.165) is 0 Å². The van der Waals surface area contributed by atoms with Crippen LogP contribution in [0.2, 0.25) is 0 Å². The molecule has 10 heteroatoms. The average Bonchev–Trinajstić information content (AvgIpc) is 3.29. The highest BCUT2D eigenvalue weighted by atomic mass is 16.5. The maximum atomic E-state index is 12.6. The fourth-order valence-electron chi connectivity index (χ4n) is 2.56. The molecule has 1 aliphatic rings. The summed E-state index contributed by atoms with van der Waals surface area (Å²) in [6, 6.07) is 0. The van der Waals surface area contributed by atoms with Crippen LogP contribution < -0.4 is 0 Å². The van der Waals surface area contributed by atoms with E-state index in [-0.39, 0.29) is 24.5 Å². The summed E-state index contributed by atoms with van der Waals surface area (Å²) in [7, 11) is 1.56. The van der Waals surface area contributed by atoms with E-state index in [2.05, 4.69) is 20.3 Å². The maximum absolute atomic E-state index is 12.6. The average molecular weight is 363 g/mol. The first-order valence-corrected chi connectivity index (χ1v) is 8.34. The molecule has 2 aromatic rings. The Balaban J connectivity index is 1.58. The topological polar surface area (TPSA) is 117 Å². The summed E-state index contributed by atoms with van der Waals surface area (Å²) in [6.07, 6.45) is 4.44. The number of hydrogen-bond acceptors (Lipinski definition) is 9. The van der Waals surface area contributed by atoms with Crippen molar-refractivity contribution in [3.8, 4) is 0 Å². The van der Waals surface area contributed by atoms with Gasteiger partial charge in [-0.15, -0.1) is 10.2 Å². The summed E-state index contributed by atoms with van der Waals surface area (Å²) < 4.78 is 21.2. The number of allylic oxidation sites excluding steroid dienone is 2. The Morgan fingerprint density at radius 1 is 1.38 bits per heavy atom. The third-order valence-corrected chi connectivity index (χ3v) is 3.79. The lowest BCUT2D eigenvalue weighted by molar-refractivity contribution is -0.0249. The largest absolute Gasteiger partial charge is 0.417 e. The third-order valence-electron chi connectivity index (χ3n) is 3.79. The Kier molecular flexibility index (Phi) is 6.08. The number of nitrogens with zero attached hydrogens (tertiary/aromatic N) is 5. The van der Waals surface area contributed by atoms with Crippen molar-refractivity contribution in [2.24, 2.45) is 0 Å². The number of hydrogen-bond donors (Lipinski definition) is 0. The summed E-state index contributed by atoms with van der Waals surface area (Å²) in [5, 5.41) is 11.5. The van der Waals surface area contributed by atoms with Crippen LogP contribution in [0.15, 0.2) is 21.1 Å². The Labute approximate surface area is 150 Å². The molecule has 1 fully saturated rings. The van der Waals surface area contributed by atoms with E-state index < -0.39 is 0 Å². The molecule has 140 valence electrons. The van der Waals surface area contributed by atoms with E-state index in [1.54, 1.807) is 12.0 Å². The van der Waals surface area contributed by atoms with Crippen molar-refractivity contribution in [2.75, 3.05) is 26.8 Å². The predicted octanol–water partition coefficient (Wildman–Crippen LogP) is 0.801. The number of methoxy groups -OCH3 is 1. The van der Waals surface area contributed by atoms with E-state index >= 15 is 0 Å². The van der Waals surface area contributed by atoms with Gasteiger partial charge in [0.15, 0.2) is 5.82 Å². The van der Waals surface area contributed by atoms with Gasteiger partial charge in [-0.2, -0.15) is 4.98 Å². The number of rotatable bonds is 7. The van der Waals surface area contributed by atoms with E-state index in [1.165, 1.54) is 0 Å². The molecule has 1 amide bonds. The molecule has 0 spiro atoms. The standard InChI is InChI=1S/C16H21N5O5/c1-3-4-5-13-18-19-15(25-13)16(22)21-6-7-24-11(9-21)8-14-17-12(10-23-2)20-26-14/h3-4,11H,5-10H2,1-2H3/b4-3+. The maximum Gasteiger partial charge on any atom is 0.311 e. The van der Waals surface area contributed by atoms with Crippen molar-refractivity contribution in [3.05, 3.63) is 35.6 Å². The number of carbonyl (C=O) groups is 1. The number of ether oxygens (including phenoxy) is 2. The molecular formula is C16H21N5O5. The predicted molar refractivity (Wildman–Crippen MR) is 87.2 cm³/mol. The van der Waals surface area contributed by atoms with Crippen LogP contribution in [0.1, 0.15) is 35.2 Å². The van der Waals surface area contributed by atoms with Crippen LogP contribution in [0.3, 0.4) is 0 Å². The monoisotopic (exact) mass is 363 g/mol. The Morgan fingerprint density at radius 2 is 2.27 bits per heavy atom. The van der Waals surface area contributed by atoms with Gasteiger partial charge in [-0.3, -0.25) is 4.79 Å². The van der Waals surface area contributed by atoms with Gasteiger partial charge in [0.1, 0.15) is 6.61 Å². The van der Waals surface area contributed by atoms with Crippen LogP contribution in [-0.4, -0.2) is 64.1 Å². The molecule has 0 saturated carbocycles. The molecule has 0 radical (unpaired) electrons. The first-order valence-electron chi connectivity index (χ1n) is 8.34. The molecule has 0 aliphatic carbocycles. The van der Waals surface area contributed by atoms with Crippen molar-refractivity contribution in [3.63, 3.8) is 0 Å². The second-order valence-electron chi connectivity index (χ2n) is 5.76. The van der Waals surface area contributed by atoms with Gasteiger partial charge < -0.3 is 23.3 Å². The van der Waals surface area contributed by atoms with Crippen LogP contribution >= 0.6 is 0 Å². The minimum absolute atomic E-state index is 0.00896. The molecule has 1 atom stereocenters. The quantitative estimate of drug-likeness (QED) is 0.658. The van der Waals surface area contributed by atoms with Crippen LogP contribution in [-0.2, 0) is 28.9 Å². The summed E-state index contributed by atoms with van der Waals surface area (Å²) in [6.45, 7) is 3.44. The minimum atomic E-state index is -0.303.